The predicted octanol–water partition coefficient (Wildman–Crippen LogP) is 3.22. The van der Waals surface area contributed by atoms with Crippen molar-refractivity contribution in [1.29, 1.82) is 0 Å². The fraction of sp³-hybridized carbons (Fsp3) is 1.00. The lowest BCUT2D eigenvalue weighted by Gasteiger charge is -2.30. The largest absolute Gasteiger partial charge is 0.396 e. The number of hydrogen-bond donors (Lipinski definition) is 1. The second kappa shape index (κ2) is 5.64. The minimum Gasteiger partial charge on any atom is -0.396 e. The first kappa shape index (κ1) is 11.0. The zero-order chi connectivity index (χ0) is 9.68. The number of hydrogen-bond acceptors (Lipinski definition) is 1. The summed E-state index contributed by atoms with van der Waals surface area (Å²) in [6.45, 7) is 5.01. The molecule has 0 heterocycles. The highest BCUT2D eigenvalue weighted by atomic mass is 16.3. The number of aliphatic hydroxyl groups is 1. The molecule has 0 unspecified atom stereocenters. The Bertz CT molecular complexity index is 131. The van der Waals surface area contributed by atoms with Crippen molar-refractivity contribution in [3.63, 3.8) is 0 Å². The fourth-order valence-electron chi connectivity index (χ4n) is 2.69. The molecule has 0 aromatic carbocycles. The van der Waals surface area contributed by atoms with Gasteiger partial charge in [0.05, 0.1) is 0 Å². The van der Waals surface area contributed by atoms with Crippen LogP contribution in [0, 0.1) is 17.8 Å². The van der Waals surface area contributed by atoms with E-state index < -0.39 is 0 Å². The lowest BCUT2D eigenvalue weighted by molar-refractivity contribution is 0.120. The summed E-state index contributed by atoms with van der Waals surface area (Å²) < 4.78 is 0. The minimum absolute atomic E-state index is 0.406. The van der Waals surface area contributed by atoms with E-state index in [4.69, 9.17) is 0 Å². The third-order valence-corrected chi connectivity index (χ3v) is 3.56. The molecule has 0 amide bonds. The van der Waals surface area contributed by atoms with Crippen LogP contribution in [-0.2, 0) is 0 Å². The summed E-state index contributed by atoms with van der Waals surface area (Å²) in [5.74, 6) is 2.10. The maximum absolute atomic E-state index is 9.33. The Morgan fingerprint density at radius 1 is 1.08 bits per heavy atom. The molecule has 2 atom stereocenters. The summed E-state index contributed by atoms with van der Waals surface area (Å²) in [7, 11) is 0. The predicted molar refractivity (Wildman–Crippen MR) is 56.6 cm³/mol. The third-order valence-electron chi connectivity index (χ3n) is 3.56. The van der Waals surface area contributed by atoms with E-state index >= 15 is 0 Å². The van der Waals surface area contributed by atoms with Crippen molar-refractivity contribution >= 4 is 0 Å². The van der Waals surface area contributed by atoms with Crippen LogP contribution in [0.5, 0.6) is 0 Å². The summed E-state index contributed by atoms with van der Waals surface area (Å²) >= 11 is 0. The molecule has 78 valence electrons. The second-order valence-electron chi connectivity index (χ2n) is 4.84. The van der Waals surface area contributed by atoms with Gasteiger partial charge in [-0.3, -0.25) is 0 Å². The molecular weight excluding hydrogens is 160 g/mol. The lowest BCUT2D eigenvalue weighted by Crippen LogP contribution is -2.24. The normalized spacial score (nSPS) is 31.4. The Balaban J connectivity index is 2.50. The van der Waals surface area contributed by atoms with Gasteiger partial charge in [0.25, 0.3) is 0 Å². The molecule has 0 aliphatic heterocycles. The number of aliphatic hydroxyl groups excluding tert-OH is 1. The van der Waals surface area contributed by atoms with E-state index in [0.29, 0.717) is 12.5 Å². The van der Waals surface area contributed by atoms with Crippen molar-refractivity contribution < 1.29 is 5.11 Å². The van der Waals surface area contributed by atoms with Crippen molar-refractivity contribution in [2.24, 2.45) is 17.8 Å². The number of rotatable bonds is 2. The first-order valence-electron chi connectivity index (χ1n) is 5.86. The third kappa shape index (κ3) is 3.30. The zero-order valence-corrected chi connectivity index (χ0v) is 9.13. The Morgan fingerprint density at radius 3 is 2.23 bits per heavy atom. The van der Waals surface area contributed by atoms with Crippen molar-refractivity contribution in [3.8, 4) is 0 Å². The molecule has 1 aliphatic rings. The fourth-order valence-corrected chi connectivity index (χ4v) is 2.69. The highest BCUT2D eigenvalue weighted by Gasteiger charge is 2.24. The van der Waals surface area contributed by atoms with Crippen molar-refractivity contribution in [1.82, 2.24) is 0 Å². The quantitative estimate of drug-likeness (QED) is 0.698. The molecule has 0 aromatic rings. The molecule has 1 heteroatoms. The second-order valence-corrected chi connectivity index (χ2v) is 4.84. The van der Waals surface area contributed by atoms with Crippen LogP contribution in [0.3, 0.4) is 0 Å². The van der Waals surface area contributed by atoms with Gasteiger partial charge in [-0.15, -0.1) is 0 Å². The maximum atomic E-state index is 9.33. The molecular formula is C12H24O. The summed E-state index contributed by atoms with van der Waals surface area (Å²) in [5.41, 5.74) is 0. The van der Waals surface area contributed by atoms with E-state index in [2.05, 4.69) is 13.8 Å². The Kier molecular flexibility index (Phi) is 4.79. The van der Waals surface area contributed by atoms with Gasteiger partial charge in [0.1, 0.15) is 0 Å². The molecule has 0 saturated heterocycles. The summed E-state index contributed by atoms with van der Waals surface area (Å²) in [5, 5.41) is 9.33. The van der Waals surface area contributed by atoms with E-state index in [0.717, 1.165) is 11.8 Å². The molecule has 1 fully saturated rings. The van der Waals surface area contributed by atoms with Crippen LogP contribution in [0.2, 0.25) is 0 Å². The van der Waals surface area contributed by atoms with Gasteiger partial charge in [0.15, 0.2) is 0 Å². The molecule has 0 aromatic heterocycles. The van der Waals surface area contributed by atoms with Crippen molar-refractivity contribution in [2.45, 2.75) is 52.4 Å². The van der Waals surface area contributed by atoms with Crippen LogP contribution >= 0.6 is 0 Å². The van der Waals surface area contributed by atoms with Gasteiger partial charge in [0, 0.05) is 6.61 Å². The Morgan fingerprint density at radius 2 is 1.69 bits per heavy atom. The van der Waals surface area contributed by atoms with E-state index in [9.17, 15) is 5.11 Å². The SMILES string of the molecule is CC(C)[C@H]1CCCCCC[C@H]1CO. The standard InChI is InChI=1S/C12H24O/c1-10(2)12-8-6-4-3-5-7-11(12)9-13/h10-13H,3-9H2,1-2H3/t11-,12+/m0/s1. The minimum atomic E-state index is 0.406. The van der Waals surface area contributed by atoms with Gasteiger partial charge in [-0.2, -0.15) is 0 Å². The van der Waals surface area contributed by atoms with Crippen molar-refractivity contribution in [2.75, 3.05) is 6.61 Å². The van der Waals surface area contributed by atoms with Crippen molar-refractivity contribution in [3.05, 3.63) is 0 Å². The Hall–Kier alpha value is -0.0400. The summed E-state index contributed by atoms with van der Waals surface area (Å²) in [6, 6.07) is 0. The lowest BCUT2D eigenvalue weighted by atomic mass is 9.76. The van der Waals surface area contributed by atoms with Crippen LogP contribution < -0.4 is 0 Å². The molecule has 0 spiro atoms. The van der Waals surface area contributed by atoms with E-state index in [1.54, 1.807) is 0 Å². The van der Waals surface area contributed by atoms with E-state index in [1.165, 1.54) is 38.5 Å². The molecule has 0 bridgehead atoms. The van der Waals surface area contributed by atoms with Crippen LogP contribution in [0.25, 0.3) is 0 Å². The van der Waals surface area contributed by atoms with Crippen LogP contribution in [0.1, 0.15) is 52.4 Å². The van der Waals surface area contributed by atoms with Gasteiger partial charge < -0.3 is 5.11 Å². The average Bonchev–Trinajstić information content (AvgIpc) is 2.03. The van der Waals surface area contributed by atoms with Crippen LogP contribution in [-0.4, -0.2) is 11.7 Å². The first-order valence-corrected chi connectivity index (χ1v) is 5.86. The van der Waals surface area contributed by atoms with Gasteiger partial charge in [0.2, 0.25) is 0 Å². The summed E-state index contributed by atoms with van der Waals surface area (Å²) in [4.78, 5) is 0. The van der Waals surface area contributed by atoms with E-state index in [1.807, 2.05) is 0 Å². The first-order chi connectivity index (χ1) is 6.25. The zero-order valence-electron chi connectivity index (χ0n) is 9.13. The van der Waals surface area contributed by atoms with E-state index in [-0.39, 0.29) is 0 Å². The van der Waals surface area contributed by atoms with Gasteiger partial charge in [-0.1, -0.05) is 39.5 Å². The average molecular weight is 184 g/mol. The maximum Gasteiger partial charge on any atom is 0.0462 e. The molecule has 1 rings (SSSR count). The summed E-state index contributed by atoms with van der Waals surface area (Å²) in [6.07, 6.45) is 8.07. The molecule has 13 heavy (non-hydrogen) atoms. The highest BCUT2D eigenvalue weighted by Crippen LogP contribution is 2.32. The smallest absolute Gasteiger partial charge is 0.0462 e. The molecule has 1 N–H and O–H groups in total. The highest BCUT2D eigenvalue weighted by molar-refractivity contribution is 4.74. The van der Waals surface area contributed by atoms with Gasteiger partial charge in [-0.05, 0) is 30.6 Å². The monoisotopic (exact) mass is 184 g/mol. The van der Waals surface area contributed by atoms with Crippen LogP contribution in [0.4, 0.5) is 0 Å². The van der Waals surface area contributed by atoms with Crippen LogP contribution in [0.15, 0.2) is 0 Å². The Labute approximate surface area is 82.5 Å². The molecule has 0 radical (unpaired) electrons. The van der Waals surface area contributed by atoms with Gasteiger partial charge >= 0.3 is 0 Å². The topological polar surface area (TPSA) is 20.2 Å². The van der Waals surface area contributed by atoms with Gasteiger partial charge in [-0.25, -0.2) is 0 Å². The molecule has 1 aliphatic carbocycles. The molecule has 1 saturated carbocycles. The molecule has 1 nitrogen and oxygen atoms in total.